The van der Waals surface area contributed by atoms with E-state index in [9.17, 15) is 13.2 Å². The molecule has 0 aliphatic heterocycles. The fourth-order valence-corrected chi connectivity index (χ4v) is 6.18. The van der Waals surface area contributed by atoms with Crippen LogP contribution in [0.4, 0.5) is 5.69 Å². The second-order valence-corrected chi connectivity index (χ2v) is 11.6. The average molecular weight is 563 g/mol. The normalized spacial score (nSPS) is 11.1. The highest BCUT2D eigenvalue weighted by Crippen LogP contribution is 2.35. The van der Waals surface area contributed by atoms with Crippen LogP contribution in [0.2, 0.25) is 5.02 Å². The van der Waals surface area contributed by atoms with Crippen molar-refractivity contribution in [2.24, 2.45) is 0 Å². The minimum Gasteiger partial charge on any atom is -0.497 e. The lowest BCUT2D eigenvalue weighted by Crippen LogP contribution is -2.41. The van der Waals surface area contributed by atoms with E-state index in [2.05, 4.69) is 5.32 Å². The molecule has 198 valence electrons. The topological polar surface area (TPSA) is 84.9 Å². The van der Waals surface area contributed by atoms with Gasteiger partial charge in [0.1, 0.15) is 18.0 Å². The maximum atomic E-state index is 13.7. The molecule has 0 spiro atoms. The zero-order valence-corrected chi connectivity index (χ0v) is 23.5. The Hall–Kier alpha value is -2.88. The number of nitrogens with one attached hydrogen (secondary N) is 1. The zero-order valence-electron chi connectivity index (χ0n) is 21.1. The number of aryl methyl sites for hydroxylation is 1. The summed E-state index contributed by atoms with van der Waals surface area (Å²) in [7, 11) is -1.14. The molecule has 3 aromatic rings. The molecular weight excluding hydrogens is 532 g/mol. The number of sulfonamides is 1. The summed E-state index contributed by atoms with van der Waals surface area (Å²) in [5.41, 5.74) is 2.21. The molecule has 0 saturated heterocycles. The number of methoxy groups -OCH3 is 2. The maximum Gasteiger partial charge on any atom is 0.264 e. The van der Waals surface area contributed by atoms with Gasteiger partial charge in [-0.15, -0.1) is 0 Å². The predicted octanol–water partition coefficient (Wildman–Crippen LogP) is 5.30. The molecule has 3 aromatic carbocycles. The van der Waals surface area contributed by atoms with Crippen LogP contribution in [0.1, 0.15) is 17.5 Å². The number of benzene rings is 3. The summed E-state index contributed by atoms with van der Waals surface area (Å²) in [6, 6.07) is 19.0. The first kappa shape index (κ1) is 28.7. The van der Waals surface area contributed by atoms with E-state index in [4.69, 9.17) is 21.1 Å². The first-order valence-corrected chi connectivity index (χ1v) is 14.6. The van der Waals surface area contributed by atoms with Gasteiger partial charge < -0.3 is 14.8 Å². The molecule has 1 amide bonds. The summed E-state index contributed by atoms with van der Waals surface area (Å²) >= 11 is 7.92. The van der Waals surface area contributed by atoms with Gasteiger partial charge in [0.05, 0.1) is 24.8 Å². The molecule has 10 heteroatoms. The van der Waals surface area contributed by atoms with Crippen LogP contribution in [-0.2, 0) is 20.6 Å². The number of halogens is 1. The smallest absolute Gasteiger partial charge is 0.264 e. The SMILES string of the molecule is COc1ccc(OC)c(N(CC(=O)NCCCSCc2ccccc2Cl)S(=O)(=O)c2ccc(C)cc2)c1. The maximum absolute atomic E-state index is 13.7. The Morgan fingerprint density at radius 1 is 1.03 bits per heavy atom. The van der Waals surface area contributed by atoms with Crippen LogP contribution in [0.15, 0.2) is 71.6 Å². The van der Waals surface area contributed by atoms with Crippen LogP contribution in [0, 0.1) is 6.92 Å². The molecule has 7 nitrogen and oxygen atoms in total. The summed E-state index contributed by atoms with van der Waals surface area (Å²) in [5, 5.41) is 3.58. The quantitative estimate of drug-likeness (QED) is 0.285. The number of anilines is 1. The van der Waals surface area contributed by atoms with E-state index < -0.39 is 22.5 Å². The molecule has 0 heterocycles. The van der Waals surface area contributed by atoms with Crippen molar-refractivity contribution in [3.05, 3.63) is 82.9 Å². The van der Waals surface area contributed by atoms with Crippen molar-refractivity contribution in [1.82, 2.24) is 5.32 Å². The average Bonchev–Trinajstić information content (AvgIpc) is 2.90. The molecule has 37 heavy (non-hydrogen) atoms. The lowest BCUT2D eigenvalue weighted by Gasteiger charge is -2.26. The Morgan fingerprint density at radius 2 is 1.76 bits per heavy atom. The summed E-state index contributed by atoms with van der Waals surface area (Å²) in [4.78, 5) is 13.0. The third-order valence-electron chi connectivity index (χ3n) is 5.55. The van der Waals surface area contributed by atoms with E-state index in [-0.39, 0.29) is 10.6 Å². The molecule has 0 fully saturated rings. The lowest BCUT2D eigenvalue weighted by molar-refractivity contribution is -0.119. The Labute approximate surface area is 228 Å². The minimum absolute atomic E-state index is 0.0757. The van der Waals surface area contributed by atoms with Gasteiger partial charge in [-0.05, 0) is 55.0 Å². The molecular formula is C27H31ClN2O5S2. The first-order valence-electron chi connectivity index (χ1n) is 11.7. The monoisotopic (exact) mass is 562 g/mol. The summed E-state index contributed by atoms with van der Waals surface area (Å²) in [6.07, 6.45) is 0.730. The highest BCUT2D eigenvalue weighted by atomic mass is 35.5. The van der Waals surface area contributed by atoms with Gasteiger partial charge >= 0.3 is 0 Å². The standard InChI is InChI=1S/C27H31ClN2O5S2/c1-20-9-12-23(13-10-20)37(32,33)30(25-17-22(34-2)11-14-26(25)35-3)18-27(31)29-15-6-16-36-19-21-7-4-5-8-24(21)28/h4-5,7-14,17H,6,15-16,18-19H2,1-3H3,(H,29,31). The van der Waals surface area contributed by atoms with Gasteiger partial charge in [-0.1, -0.05) is 47.5 Å². The van der Waals surface area contributed by atoms with Crippen molar-refractivity contribution < 1.29 is 22.7 Å². The van der Waals surface area contributed by atoms with E-state index in [0.29, 0.717) is 18.0 Å². The first-order chi connectivity index (χ1) is 17.8. The van der Waals surface area contributed by atoms with Crippen molar-refractivity contribution in [2.45, 2.75) is 24.0 Å². The van der Waals surface area contributed by atoms with E-state index >= 15 is 0 Å². The molecule has 0 aliphatic carbocycles. The number of nitrogens with zero attached hydrogens (tertiary/aromatic N) is 1. The van der Waals surface area contributed by atoms with Gasteiger partial charge in [-0.3, -0.25) is 9.10 Å². The summed E-state index contributed by atoms with van der Waals surface area (Å²) in [6.45, 7) is 1.88. The van der Waals surface area contributed by atoms with E-state index in [1.165, 1.54) is 26.4 Å². The molecule has 0 unspecified atom stereocenters. The molecule has 0 aromatic heterocycles. The number of thioether (sulfide) groups is 1. The number of carbonyl (C=O) groups excluding carboxylic acids is 1. The zero-order chi connectivity index (χ0) is 26.8. The summed E-state index contributed by atoms with van der Waals surface area (Å²) in [5.74, 6) is 1.93. The highest BCUT2D eigenvalue weighted by Gasteiger charge is 2.30. The number of hydrogen-bond donors (Lipinski definition) is 1. The van der Waals surface area contributed by atoms with Gasteiger partial charge in [-0.25, -0.2) is 8.42 Å². The summed E-state index contributed by atoms with van der Waals surface area (Å²) < 4.78 is 39.1. The molecule has 0 radical (unpaired) electrons. The van der Waals surface area contributed by atoms with Crippen LogP contribution < -0.4 is 19.1 Å². The second kappa shape index (κ2) is 13.6. The fraction of sp³-hybridized carbons (Fsp3) is 0.296. The third-order valence-corrected chi connectivity index (χ3v) is 8.79. The minimum atomic E-state index is -4.08. The van der Waals surface area contributed by atoms with Crippen molar-refractivity contribution in [3.8, 4) is 11.5 Å². The number of ether oxygens (including phenoxy) is 2. The number of carbonyl (C=O) groups is 1. The van der Waals surface area contributed by atoms with Crippen molar-refractivity contribution >= 4 is 45.0 Å². The Balaban J connectivity index is 1.70. The van der Waals surface area contributed by atoms with Gasteiger partial charge in [-0.2, -0.15) is 11.8 Å². The molecule has 0 aliphatic rings. The van der Waals surface area contributed by atoms with Crippen LogP contribution in [-0.4, -0.2) is 47.4 Å². The molecule has 3 rings (SSSR count). The molecule has 0 atom stereocenters. The molecule has 0 saturated carbocycles. The van der Waals surface area contributed by atoms with Crippen LogP contribution in [0.3, 0.4) is 0 Å². The number of rotatable bonds is 13. The van der Waals surface area contributed by atoms with E-state index in [1.54, 1.807) is 42.1 Å². The van der Waals surface area contributed by atoms with E-state index in [0.717, 1.165) is 38.4 Å². The predicted molar refractivity (Wildman–Crippen MR) is 150 cm³/mol. The van der Waals surface area contributed by atoms with Gasteiger partial charge in [0.15, 0.2) is 0 Å². The van der Waals surface area contributed by atoms with Crippen LogP contribution in [0.25, 0.3) is 0 Å². The van der Waals surface area contributed by atoms with Gasteiger partial charge in [0.25, 0.3) is 10.0 Å². The Morgan fingerprint density at radius 3 is 2.43 bits per heavy atom. The Kier molecular flexibility index (Phi) is 10.5. The lowest BCUT2D eigenvalue weighted by atomic mass is 10.2. The molecule has 0 bridgehead atoms. The van der Waals surface area contributed by atoms with Gasteiger partial charge in [0.2, 0.25) is 5.91 Å². The number of hydrogen-bond acceptors (Lipinski definition) is 6. The Bertz CT molecular complexity index is 1300. The van der Waals surface area contributed by atoms with Crippen LogP contribution in [0.5, 0.6) is 11.5 Å². The van der Waals surface area contributed by atoms with E-state index in [1.807, 2.05) is 31.2 Å². The van der Waals surface area contributed by atoms with Crippen LogP contribution >= 0.6 is 23.4 Å². The van der Waals surface area contributed by atoms with Crippen molar-refractivity contribution in [1.29, 1.82) is 0 Å². The fourth-order valence-electron chi connectivity index (χ4n) is 3.51. The molecule has 1 N–H and O–H groups in total. The van der Waals surface area contributed by atoms with Crippen molar-refractivity contribution in [2.75, 3.05) is 37.4 Å². The second-order valence-electron chi connectivity index (χ2n) is 8.21. The van der Waals surface area contributed by atoms with Gasteiger partial charge in [0, 0.05) is 23.4 Å². The third kappa shape index (κ3) is 7.80. The van der Waals surface area contributed by atoms with Crippen molar-refractivity contribution in [3.63, 3.8) is 0 Å². The number of amides is 1. The highest BCUT2D eigenvalue weighted by molar-refractivity contribution is 7.98. The largest absolute Gasteiger partial charge is 0.497 e.